The molecule has 2 aliphatic heterocycles. The van der Waals surface area contributed by atoms with E-state index in [1.807, 2.05) is 11.8 Å². The van der Waals surface area contributed by atoms with E-state index in [0.29, 0.717) is 0 Å². The van der Waals surface area contributed by atoms with E-state index in [-0.39, 0.29) is 17.9 Å². The molecule has 2 fully saturated rings. The standard InChI is InChI=1S/C14H26N4O2/c1-11(14(20)18-7-3-4-8-18)16-13(19)12(2)17-9-5-15-6-10-17/h11-12,15H,3-10H2,1-2H3,(H,16,19). The fourth-order valence-electron chi connectivity index (χ4n) is 2.84. The van der Waals surface area contributed by atoms with Crippen molar-refractivity contribution in [1.82, 2.24) is 20.4 Å². The summed E-state index contributed by atoms with van der Waals surface area (Å²) >= 11 is 0. The van der Waals surface area contributed by atoms with E-state index in [2.05, 4.69) is 15.5 Å². The number of piperazine rings is 1. The number of hydrogen-bond acceptors (Lipinski definition) is 4. The number of carbonyl (C=O) groups is 2. The van der Waals surface area contributed by atoms with Crippen molar-refractivity contribution in [3.63, 3.8) is 0 Å². The average molecular weight is 282 g/mol. The van der Waals surface area contributed by atoms with Crippen LogP contribution >= 0.6 is 0 Å². The van der Waals surface area contributed by atoms with Crippen LogP contribution in [0.5, 0.6) is 0 Å². The Hall–Kier alpha value is -1.14. The fourth-order valence-corrected chi connectivity index (χ4v) is 2.84. The van der Waals surface area contributed by atoms with Crippen LogP contribution in [0.4, 0.5) is 0 Å². The molecule has 0 saturated carbocycles. The minimum absolute atomic E-state index is 0.0448. The molecule has 0 aliphatic carbocycles. The molecule has 2 rings (SSSR count). The van der Waals surface area contributed by atoms with E-state index in [1.165, 1.54) is 0 Å². The number of hydrogen-bond donors (Lipinski definition) is 2. The van der Waals surface area contributed by atoms with Crippen molar-refractivity contribution in [3.8, 4) is 0 Å². The van der Waals surface area contributed by atoms with Gasteiger partial charge in [0, 0.05) is 39.3 Å². The van der Waals surface area contributed by atoms with Crippen molar-refractivity contribution in [1.29, 1.82) is 0 Å². The highest BCUT2D eigenvalue weighted by Crippen LogP contribution is 2.09. The lowest BCUT2D eigenvalue weighted by atomic mass is 10.2. The van der Waals surface area contributed by atoms with Crippen LogP contribution in [-0.2, 0) is 9.59 Å². The molecular weight excluding hydrogens is 256 g/mol. The molecule has 0 aromatic heterocycles. The average Bonchev–Trinajstić information content (AvgIpc) is 3.00. The smallest absolute Gasteiger partial charge is 0.244 e. The van der Waals surface area contributed by atoms with Crippen LogP contribution in [0.2, 0.25) is 0 Å². The van der Waals surface area contributed by atoms with Crippen molar-refractivity contribution in [3.05, 3.63) is 0 Å². The Morgan fingerprint density at radius 1 is 1.05 bits per heavy atom. The van der Waals surface area contributed by atoms with Gasteiger partial charge in [0.1, 0.15) is 6.04 Å². The maximum absolute atomic E-state index is 12.2. The van der Waals surface area contributed by atoms with Crippen LogP contribution in [0.25, 0.3) is 0 Å². The number of nitrogens with zero attached hydrogens (tertiary/aromatic N) is 2. The van der Waals surface area contributed by atoms with Crippen LogP contribution in [0.1, 0.15) is 26.7 Å². The second kappa shape index (κ2) is 7.04. The van der Waals surface area contributed by atoms with Gasteiger partial charge in [-0.2, -0.15) is 0 Å². The van der Waals surface area contributed by atoms with Gasteiger partial charge in [-0.25, -0.2) is 0 Å². The molecule has 114 valence electrons. The number of nitrogens with one attached hydrogen (secondary N) is 2. The van der Waals surface area contributed by atoms with E-state index < -0.39 is 6.04 Å². The van der Waals surface area contributed by atoms with Crippen molar-refractivity contribution in [2.45, 2.75) is 38.8 Å². The second-order valence-electron chi connectivity index (χ2n) is 5.72. The quantitative estimate of drug-likeness (QED) is 0.723. The van der Waals surface area contributed by atoms with Crippen LogP contribution < -0.4 is 10.6 Å². The topological polar surface area (TPSA) is 64.7 Å². The van der Waals surface area contributed by atoms with Crippen molar-refractivity contribution >= 4 is 11.8 Å². The highest BCUT2D eigenvalue weighted by atomic mass is 16.2. The summed E-state index contributed by atoms with van der Waals surface area (Å²) in [6, 6.07) is -0.600. The fraction of sp³-hybridized carbons (Fsp3) is 0.857. The van der Waals surface area contributed by atoms with Crippen LogP contribution in [0.15, 0.2) is 0 Å². The molecule has 2 heterocycles. The van der Waals surface area contributed by atoms with E-state index in [1.54, 1.807) is 6.92 Å². The molecule has 0 bridgehead atoms. The van der Waals surface area contributed by atoms with Gasteiger partial charge >= 0.3 is 0 Å². The Balaban J connectivity index is 1.81. The third-order valence-electron chi connectivity index (χ3n) is 4.23. The minimum Gasteiger partial charge on any atom is -0.343 e. The van der Waals surface area contributed by atoms with Gasteiger partial charge in [-0.15, -0.1) is 0 Å². The third kappa shape index (κ3) is 3.70. The molecule has 2 saturated heterocycles. The number of rotatable bonds is 4. The summed E-state index contributed by atoms with van der Waals surface area (Å²) in [5.74, 6) is -0.00434. The molecule has 0 radical (unpaired) electrons. The maximum Gasteiger partial charge on any atom is 0.244 e. The highest BCUT2D eigenvalue weighted by molar-refractivity contribution is 5.89. The first kappa shape index (κ1) is 15.3. The summed E-state index contributed by atoms with van der Waals surface area (Å²) in [6.07, 6.45) is 2.15. The van der Waals surface area contributed by atoms with E-state index in [9.17, 15) is 9.59 Å². The van der Waals surface area contributed by atoms with Crippen molar-refractivity contribution < 1.29 is 9.59 Å². The molecule has 2 atom stereocenters. The molecule has 20 heavy (non-hydrogen) atoms. The Bertz CT molecular complexity index is 349. The highest BCUT2D eigenvalue weighted by Gasteiger charge is 2.28. The summed E-state index contributed by atoms with van der Waals surface area (Å²) < 4.78 is 0. The first-order valence-electron chi connectivity index (χ1n) is 7.63. The monoisotopic (exact) mass is 282 g/mol. The largest absolute Gasteiger partial charge is 0.343 e. The number of amides is 2. The second-order valence-corrected chi connectivity index (χ2v) is 5.72. The van der Waals surface area contributed by atoms with E-state index in [0.717, 1.165) is 52.1 Å². The number of carbonyl (C=O) groups excluding carboxylic acids is 2. The molecule has 2 aliphatic rings. The zero-order chi connectivity index (χ0) is 14.5. The summed E-state index contributed by atoms with van der Waals surface area (Å²) in [6.45, 7) is 8.93. The van der Waals surface area contributed by atoms with Gasteiger partial charge in [-0.1, -0.05) is 0 Å². The molecule has 0 aromatic carbocycles. The zero-order valence-electron chi connectivity index (χ0n) is 12.5. The Morgan fingerprint density at radius 3 is 2.25 bits per heavy atom. The van der Waals surface area contributed by atoms with Gasteiger partial charge in [-0.05, 0) is 26.7 Å². The normalized spacial score (nSPS) is 23.4. The lowest BCUT2D eigenvalue weighted by molar-refractivity contribution is -0.136. The summed E-state index contributed by atoms with van der Waals surface area (Å²) in [7, 11) is 0. The van der Waals surface area contributed by atoms with Crippen molar-refractivity contribution in [2.75, 3.05) is 39.3 Å². The molecule has 2 amide bonds. The zero-order valence-corrected chi connectivity index (χ0v) is 12.5. The van der Waals surface area contributed by atoms with Gasteiger partial charge in [0.15, 0.2) is 0 Å². The molecule has 0 aromatic rings. The third-order valence-corrected chi connectivity index (χ3v) is 4.23. The minimum atomic E-state index is -0.425. The van der Waals surface area contributed by atoms with E-state index in [4.69, 9.17) is 0 Å². The molecule has 6 nitrogen and oxygen atoms in total. The van der Waals surface area contributed by atoms with Gasteiger partial charge in [0.2, 0.25) is 11.8 Å². The Morgan fingerprint density at radius 2 is 1.65 bits per heavy atom. The first-order chi connectivity index (χ1) is 9.59. The SMILES string of the molecule is CC(NC(=O)C(C)N1CCNCC1)C(=O)N1CCCC1. The Labute approximate surface area is 120 Å². The van der Waals surface area contributed by atoms with Crippen LogP contribution in [0, 0.1) is 0 Å². The summed E-state index contributed by atoms with van der Waals surface area (Å²) in [4.78, 5) is 28.4. The number of likely N-dealkylation sites (tertiary alicyclic amines) is 1. The Kier molecular flexibility index (Phi) is 5.37. The molecule has 2 unspecified atom stereocenters. The lowest BCUT2D eigenvalue weighted by Crippen LogP contribution is -2.55. The van der Waals surface area contributed by atoms with Crippen LogP contribution in [0.3, 0.4) is 0 Å². The van der Waals surface area contributed by atoms with E-state index >= 15 is 0 Å². The lowest BCUT2D eigenvalue weighted by Gasteiger charge is -2.32. The molecule has 2 N–H and O–H groups in total. The predicted molar refractivity (Wildman–Crippen MR) is 77.3 cm³/mol. The van der Waals surface area contributed by atoms with Gasteiger partial charge in [0.05, 0.1) is 6.04 Å². The summed E-state index contributed by atoms with van der Waals surface area (Å²) in [5.41, 5.74) is 0. The van der Waals surface area contributed by atoms with Crippen LogP contribution in [-0.4, -0.2) is 73.0 Å². The maximum atomic E-state index is 12.2. The van der Waals surface area contributed by atoms with Gasteiger partial charge in [0.25, 0.3) is 0 Å². The van der Waals surface area contributed by atoms with Gasteiger partial charge in [-0.3, -0.25) is 14.5 Å². The molecular formula is C14H26N4O2. The summed E-state index contributed by atoms with van der Waals surface area (Å²) in [5, 5.41) is 6.13. The van der Waals surface area contributed by atoms with Gasteiger partial charge < -0.3 is 15.5 Å². The predicted octanol–water partition coefficient (Wildman–Crippen LogP) is -0.593. The molecule has 6 heteroatoms. The molecule has 0 spiro atoms. The van der Waals surface area contributed by atoms with Crippen molar-refractivity contribution in [2.24, 2.45) is 0 Å². The first-order valence-corrected chi connectivity index (χ1v) is 7.63.